The molecule has 0 aliphatic carbocycles. The highest BCUT2D eigenvalue weighted by Crippen LogP contribution is 2.22. The normalized spacial score (nSPS) is 12.4. The number of aliphatic hydroxyl groups is 1. The van der Waals surface area contributed by atoms with Gasteiger partial charge in [0.25, 0.3) is 0 Å². The number of aliphatic hydroxyl groups excluding tert-OH is 1. The minimum absolute atomic E-state index is 0.347. The van der Waals surface area contributed by atoms with Gasteiger partial charge in [-0.2, -0.15) is 0 Å². The molecule has 0 saturated heterocycles. The highest BCUT2D eigenvalue weighted by molar-refractivity contribution is 5.28. The van der Waals surface area contributed by atoms with Crippen molar-refractivity contribution in [1.29, 1.82) is 0 Å². The van der Waals surface area contributed by atoms with Crippen LogP contribution in [-0.4, -0.2) is 5.11 Å². The van der Waals surface area contributed by atoms with Gasteiger partial charge in [-0.3, -0.25) is 0 Å². The first-order chi connectivity index (χ1) is 8.56. The summed E-state index contributed by atoms with van der Waals surface area (Å²) in [4.78, 5) is 0. The maximum Gasteiger partial charge on any atom is 0.129 e. The Bertz CT molecular complexity index is 531. The molecule has 0 fully saturated rings. The third-order valence-electron chi connectivity index (χ3n) is 3.06. The van der Waals surface area contributed by atoms with Crippen LogP contribution in [0.15, 0.2) is 42.5 Å². The summed E-state index contributed by atoms with van der Waals surface area (Å²) in [6, 6.07) is 12.7. The standard InChI is InChI=1S/C16H17FO/c1-11-3-6-13(7-4-11)10-16(18)14-9-12(2)5-8-15(14)17/h3-9,16,18H,10H2,1-2H3. The second-order valence-corrected chi connectivity index (χ2v) is 4.73. The van der Waals surface area contributed by atoms with E-state index in [1.807, 2.05) is 38.1 Å². The molecule has 2 aromatic rings. The van der Waals surface area contributed by atoms with E-state index < -0.39 is 6.10 Å². The van der Waals surface area contributed by atoms with Gasteiger partial charge in [0.2, 0.25) is 0 Å². The van der Waals surface area contributed by atoms with E-state index in [1.165, 1.54) is 11.6 Å². The molecule has 0 amide bonds. The average molecular weight is 244 g/mol. The predicted octanol–water partition coefficient (Wildman–Crippen LogP) is 3.72. The molecule has 0 bridgehead atoms. The molecule has 0 aliphatic rings. The van der Waals surface area contributed by atoms with E-state index in [-0.39, 0.29) is 5.82 Å². The zero-order valence-corrected chi connectivity index (χ0v) is 10.7. The molecule has 0 heterocycles. The topological polar surface area (TPSA) is 20.2 Å². The summed E-state index contributed by atoms with van der Waals surface area (Å²) < 4.78 is 13.6. The van der Waals surface area contributed by atoms with Gasteiger partial charge < -0.3 is 5.11 Å². The zero-order chi connectivity index (χ0) is 13.1. The molecule has 2 rings (SSSR count). The van der Waals surface area contributed by atoms with Crippen LogP contribution in [0.1, 0.15) is 28.4 Å². The highest BCUT2D eigenvalue weighted by Gasteiger charge is 2.13. The van der Waals surface area contributed by atoms with Crippen LogP contribution in [0, 0.1) is 19.7 Å². The summed E-state index contributed by atoms with van der Waals surface area (Å²) >= 11 is 0. The van der Waals surface area contributed by atoms with E-state index in [1.54, 1.807) is 12.1 Å². The Morgan fingerprint density at radius 1 is 1.00 bits per heavy atom. The molecular formula is C16H17FO. The molecule has 1 nitrogen and oxygen atoms in total. The van der Waals surface area contributed by atoms with Crippen molar-refractivity contribution in [3.8, 4) is 0 Å². The van der Waals surface area contributed by atoms with Gasteiger partial charge in [-0.05, 0) is 25.5 Å². The van der Waals surface area contributed by atoms with Crippen LogP contribution in [-0.2, 0) is 6.42 Å². The molecule has 2 aromatic carbocycles. The van der Waals surface area contributed by atoms with E-state index in [4.69, 9.17) is 0 Å². The Labute approximate surface area is 107 Å². The van der Waals surface area contributed by atoms with Crippen molar-refractivity contribution in [1.82, 2.24) is 0 Å². The number of rotatable bonds is 3. The summed E-state index contributed by atoms with van der Waals surface area (Å²) in [5, 5.41) is 10.1. The lowest BCUT2D eigenvalue weighted by molar-refractivity contribution is 0.173. The minimum atomic E-state index is -0.799. The van der Waals surface area contributed by atoms with Crippen molar-refractivity contribution in [2.75, 3.05) is 0 Å². The molecular weight excluding hydrogens is 227 g/mol. The third kappa shape index (κ3) is 2.96. The maximum atomic E-state index is 13.6. The van der Waals surface area contributed by atoms with Crippen LogP contribution in [0.5, 0.6) is 0 Å². The van der Waals surface area contributed by atoms with E-state index in [0.717, 1.165) is 11.1 Å². The lowest BCUT2D eigenvalue weighted by Crippen LogP contribution is -2.04. The van der Waals surface area contributed by atoms with E-state index >= 15 is 0 Å². The SMILES string of the molecule is Cc1ccc(CC(O)c2cc(C)ccc2F)cc1. The molecule has 0 aromatic heterocycles. The quantitative estimate of drug-likeness (QED) is 0.872. The summed E-state index contributed by atoms with van der Waals surface area (Å²) in [6.07, 6.45) is -0.367. The largest absolute Gasteiger partial charge is 0.388 e. The van der Waals surface area contributed by atoms with Crippen molar-refractivity contribution in [2.45, 2.75) is 26.4 Å². The molecule has 0 radical (unpaired) electrons. The van der Waals surface area contributed by atoms with Crippen LogP contribution >= 0.6 is 0 Å². The first kappa shape index (κ1) is 12.8. The number of benzene rings is 2. The van der Waals surface area contributed by atoms with Gasteiger partial charge in [0.05, 0.1) is 6.10 Å². The van der Waals surface area contributed by atoms with Crippen LogP contribution in [0.2, 0.25) is 0 Å². The summed E-state index contributed by atoms with van der Waals surface area (Å²) in [5.41, 5.74) is 3.51. The number of hydrogen-bond donors (Lipinski definition) is 1. The van der Waals surface area contributed by atoms with Gasteiger partial charge in [-0.25, -0.2) is 4.39 Å². The monoisotopic (exact) mass is 244 g/mol. The second-order valence-electron chi connectivity index (χ2n) is 4.73. The van der Waals surface area contributed by atoms with Crippen LogP contribution in [0.25, 0.3) is 0 Å². The molecule has 0 spiro atoms. The van der Waals surface area contributed by atoms with Crippen molar-refractivity contribution >= 4 is 0 Å². The summed E-state index contributed by atoms with van der Waals surface area (Å²) in [6.45, 7) is 3.90. The van der Waals surface area contributed by atoms with Crippen molar-refractivity contribution < 1.29 is 9.50 Å². The maximum absolute atomic E-state index is 13.6. The minimum Gasteiger partial charge on any atom is -0.388 e. The van der Waals surface area contributed by atoms with E-state index in [9.17, 15) is 9.50 Å². The number of halogens is 1. The first-order valence-electron chi connectivity index (χ1n) is 6.06. The van der Waals surface area contributed by atoms with Crippen LogP contribution < -0.4 is 0 Å². The zero-order valence-electron chi connectivity index (χ0n) is 10.7. The fourth-order valence-electron chi connectivity index (χ4n) is 1.98. The molecule has 1 N–H and O–H groups in total. The van der Waals surface area contributed by atoms with Crippen LogP contribution in [0.3, 0.4) is 0 Å². The van der Waals surface area contributed by atoms with E-state index in [0.29, 0.717) is 12.0 Å². The van der Waals surface area contributed by atoms with Crippen LogP contribution in [0.4, 0.5) is 4.39 Å². The molecule has 0 saturated carbocycles. The number of hydrogen-bond acceptors (Lipinski definition) is 1. The number of aryl methyl sites for hydroxylation is 2. The van der Waals surface area contributed by atoms with Gasteiger partial charge >= 0.3 is 0 Å². The average Bonchev–Trinajstić information content (AvgIpc) is 2.35. The fraction of sp³-hybridized carbons (Fsp3) is 0.250. The van der Waals surface area contributed by atoms with E-state index in [2.05, 4.69) is 0 Å². The van der Waals surface area contributed by atoms with Gasteiger partial charge in [0.15, 0.2) is 0 Å². The molecule has 18 heavy (non-hydrogen) atoms. The van der Waals surface area contributed by atoms with Gasteiger partial charge in [-0.15, -0.1) is 0 Å². The van der Waals surface area contributed by atoms with Gasteiger partial charge in [0, 0.05) is 12.0 Å². The lowest BCUT2D eigenvalue weighted by Gasteiger charge is -2.13. The lowest BCUT2D eigenvalue weighted by atomic mass is 9.99. The molecule has 1 unspecified atom stereocenters. The molecule has 1 atom stereocenters. The van der Waals surface area contributed by atoms with Crippen molar-refractivity contribution in [3.63, 3.8) is 0 Å². The molecule has 94 valence electrons. The van der Waals surface area contributed by atoms with Gasteiger partial charge in [-0.1, -0.05) is 47.5 Å². The molecule has 2 heteroatoms. The summed E-state index contributed by atoms with van der Waals surface area (Å²) in [5.74, 6) is -0.347. The Morgan fingerprint density at radius 3 is 2.28 bits per heavy atom. The fourth-order valence-corrected chi connectivity index (χ4v) is 1.98. The first-order valence-corrected chi connectivity index (χ1v) is 6.06. The Kier molecular flexibility index (Phi) is 3.78. The van der Waals surface area contributed by atoms with Crippen molar-refractivity contribution in [2.24, 2.45) is 0 Å². The highest BCUT2D eigenvalue weighted by atomic mass is 19.1. The molecule has 0 aliphatic heterocycles. The van der Waals surface area contributed by atoms with Crippen molar-refractivity contribution in [3.05, 3.63) is 70.5 Å². The third-order valence-corrected chi connectivity index (χ3v) is 3.06. The smallest absolute Gasteiger partial charge is 0.129 e. The summed E-state index contributed by atoms with van der Waals surface area (Å²) in [7, 11) is 0. The Hall–Kier alpha value is -1.67. The Balaban J connectivity index is 2.18. The Morgan fingerprint density at radius 2 is 1.61 bits per heavy atom. The predicted molar refractivity (Wildman–Crippen MR) is 71.0 cm³/mol. The second kappa shape index (κ2) is 5.32. The van der Waals surface area contributed by atoms with Gasteiger partial charge in [0.1, 0.15) is 5.82 Å².